The SMILES string of the molecule is C=C(\C=C/C(=C\C)C(=C(/CCCO)c1ccccc1)/c1ccc(O)cc1)OCCN1CCC2(CCCC2)C1. The van der Waals surface area contributed by atoms with E-state index in [1.165, 1.54) is 45.2 Å². The highest BCUT2D eigenvalue weighted by Crippen LogP contribution is 2.45. The lowest BCUT2D eigenvalue weighted by Gasteiger charge is -2.23. The van der Waals surface area contributed by atoms with Gasteiger partial charge in [0.15, 0.2) is 0 Å². The van der Waals surface area contributed by atoms with Crippen molar-refractivity contribution >= 4 is 11.1 Å². The summed E-state index contributed by atoms with van der Waals surface area (Å²) in [6.07, 6.45) is 14.4. The Morgan fingerprint density at radius 3 is 2.42 bits per heavy atom. The van der Waals surface area contributed by atoms with E-state index in [0.717, 1.165) is 40.8 Å². The maximum atomic E-state index is 9.92. The van der Waals surface area contributed by atoms with E-state index in [9.17, 15) is 10.2 Å². The van der Waals surface area contributed by atoms with E-state index >= 15 is 0 Å². The average Bonchev–Trinajstić information content (AvgIpc) is 3.58. The van der Waals surface area contributed by atoms with Crippen LogP contribution in [0.1, 0.15) is 63.0 Å². The highest BCUT2D eigenvalue weighted by molar-refractivity contribution is 5.99. The molecule has 38 heavy (non-hydrogen) atoms. The molecule has 1 aliphatic carbocycles. The number of ether oxygens (including phenoxy) is 1. The number of allylic oxidation sites excluding steroid dienone is 6. The number of hydrogen-bond donors (Lipinski definition) is 2. The van der Waals surface area contributed by atoms with E-state index in [2.05, 4.69) is 35.8 Å². The van der Waals surface area contributed by atoms with Crippen LogP contribution in [-0.4, -0.2) is 48.0 Å². The zero-order valence-corrected chi connectivity index (χ0v) is 22.9. The molecule has 2 fully saturated rings. The van der Waals surface area contributed by atoms with Gasteiger partial charge in [0, 0.05) is 19.7 Å². The van der Waals surface area contributed by atoms with Crippen LogP contribution in [0, 0.1) is 5.41 Å². The maximum Gasteiger partial charge on any atom is 0.115 e. The van der Waals surface area contributed by atoms with Crippen molar-refractivity contribution in [2.75, 3.05) is 32.8 Å². The van der Waals surface area contributed by atoms with Gasteiger partial charge in [-0.1, -0.05) is 74.0 Å². The number of aliphatic hydroxyl groups is 1. The zero-order chi connectivity index (χ0) is 26.8. The third-order valence-electron chi connectivity index (χ3n) is 8.09. The predicted octanol–water partition coefficient (Wildman–Crippen LogP) is 7.37. The van der Waals surface area contributed by atoms with Crippen molar-refractivity contribution in [3.63, 3.8) is 0 Å². The summed E-state index contributed by atoms with van der Waals surface area (Å²) in [5, 5.41) is 19.5. The summed E-state index contributed by atoms with van der Waals surface area (Å²) in [4.78, 5) is 2.55. The summed E-state index contributed by atoms with van der Waals surface area (Å²) in [6, 6.07) is 17.7. The Bertz CT molecular complexity index is 1140. The minimum absolute atomic E-state index is 0.128. The van der Waals surface area contributed by atoms with Gasteiger partial charge in [0.2, 0.25) is 0 Å². The van der Waals surface area contributed by atoms with Crippen molar-refractivity contribution in [3.05, 3.63) is 102 Å². The molecule has 1 heterocycles. The summed E-state index contributed by atoms with van der Waals surface area (Å²) in [7, 11) is 0. The molecule has 0 radical (unpaired) electrons. The second-order valence-electron chi connectivity index (χ2n) is 10.7. The van der Waals surface area contributed by atoms with Gasteiger partial charge in [0.1, 0.15) is 18.1 Å². The first-order chi connectivity index (χ1) is 18.5. The molecule has 2 aromatic carbocycles. The number of phenols is 1. The first-order valence-corrected chi connectivity index (χ1v) is 14.1. The van der Waals surface area contributed by atoms with Gasteiger partial charge >= 0.3 is 0 Å². The highest BCUT2D eigenvalue weighted by atomic mass is 16.5. The van der Waals surface area contributed by atoms with Crippen LogP contribution in [0.3, 0.4) is 0 Å². The van der Waals surface area contributed by atoms with E-state index in [4.69, 9.17) is 4.74 Å². The molecule has 202 valence electrons. The first-order valence-electron chi connectivity index (χ1n) is 14.1. The third-order valence-corrected chi connectivity index (χ3v) is 8.09. The molecule has 2 aliphatic rings. The lowest BCUT2D eigenvalue weighted by atomic mass is 9.86. The van der Waals surface area contributed by atoms with E-state index < -0.39 is 0 Å². The summed E-state index contributed by atoms with van der Waals surface area (Å²) in [5.41, 5.74) is 6.00. The maximum absolute atomic E-state index is 9.92. The van der Waals surface area contributed by atoms with Gasteiger partial charge in [0.05, 0.1) is 0 Å². The molecule has 0 aromatic heterocycles. The van der Waals surface area contributed by atoms with Crippen LogP contribution in [0.2, 0.25) is 0 Å². The number of hydrogen-bond acceptors (Lipinski definition) is 4. The Morgan fingerprint density at radius 2 is 1.74 bits per heavy atom. The molecular formula is C34H43NO3. The number of likely N-dealkylation sites (tertiary alicyclic amines) is 1. The van der Waals surface area contributed by atoms with Crippen LogP contribution in [0.25, 0.3) is 11.1 Å². The van der Waals surface area contributed by atoms with Crippen LogP contribution in [0.5, 0.6) is 5.75 Å². The molecule has 4 nitrogen and oxygen atoms in total. The van der Waals surface area contributed by atoms with E-state index in [1.807, 2.05) is 43.3 Å². The summed E-state index contributed by atoms with van der Waals surface area (Å²) in [5.74, 6) is 0.890. The van der Waals surface area contributed by atoms with Gasteiger partial charge in [-0.25, -0.2) is 0 Å². The monoisotopic (exact) mass is 513 g/mol. The van der Waals surface area contributed by atoms with Crippen LogP contribution in [0.4, 0.5) is 0 Å². The quantitative estimate of drug-likeness (QED) is 0.177. The predicted molar refractivity (Wildman–Crippen MR) is 158 cm³/mol. The van der Waals surface area contributed by atoms with E-state index in [1.54, 1.807) is 12.1 Å². The number of benzene rings is 2. The van der Waals surface area contributed by atoms with Crippen LogP contribution in [0.15, 0.2) is 90.7 Å². The molecule has 2 aromatic rings. The normalized spacial score (nSPS) is 18.3. The molecule has 0 amide bonds. The molecule has 1 spiro atoms. The minimum atomic E-state index is 0.128. The second-order valence-corrected chi connectivity index (χ2v) is 10.7. The van der Waals surface area contributed by atoms with Gasteiger partial charge in [0.25, 0.3) is 0 Å². The van der Waals surface area contributed by atoms with Gasteiger partial charge < -0.3 is 14.9 Å². The highest BCUT2D eigenvalue weighted by Gasteiger charge is 2.39. The zero-order valence-electron chi connectivity index (χ0n) is 22.9. The number of aliphatic hydroxyl groups excluding tert-OH is 1. The Kier molecular flexibility index (Phi) is 10.0. The van der Waals surface area contributed by atoms with Gasteiger partial charge in [-0.3, -0.25) is 4.90 Å². The van der Waals surface area contributed by atoms with Crippen molar-refractivity contribution in [1.29, 1.82) is 0 Å². The van der Waals surface area contributed by atoms with Crippen molar-refractivity contribution in [1.82, 2.24) is 4.90 Å². The average molecular weight is 514 g/mol. The van der Waals surface area contributed by atoms with Crippen molar-refractivity contribution < 1.29 is 14.9 Å². The Balaban J connectivity index is 1.50. The lowest BCUT2D eigenvalue weighted by molar-refractivity contribution is 0.170. The third kappa shape index (κ3) is 7.27. The van der Waals surface area contributed by atoms with Crippen molar-refractivity contribution in [2.24, 2.45) is 5.41 Å². The molecule has 1 aliphatic heterocycles. The first kappa shape index (κ1) is 27.9. The van der Waals surface area contributed by atoms with E-state index in [0.29, 0.717) is 24.2 Å². The van der Waals surface area contributed by atoms with Crippen LogP contribution >= 0.6 is 0 Å². The summed E-state index contributed by atoms with van der Waals surface area (Å²) >= 11 is 0. The van der Waals surface area contributed by atoms with Crippen LogP contribution in [-0.2, 0) is 4.74 Å². The fourth-order valence-electron chi connectivity index (χ4n) is 6.06. The van der Waals surface area contributed by atoms with Gasteiger partial charge in [-0.15, -0.1) is 0 Å². The van der Waals surface area contributed by atoms with Gasteiger partial charge in [-0.2, -0.15) is 0 Å². The standard InChI is InChI=1S/C34H43NO3/c1-3-28(14-13-27(2)38-25-23-35-22-21-34(26-35)19-7-8-20-34)33(30-15-17-31(37)18-16-30)32(12-9-24-36)29-10-5-4-6-11-29/h3-6,10-11,13-18,36-37H,2,7-9,12,19-26H2,1H3/b14-13-,28-3+,33-32+. The van der Waals surface area contributed by atoms with Crippen LogP contribution < -0.4 is 0 Å². The smallest absolute Gasteiger partial charge is 0.115 e. The molecule has 0 atom stereocenters. The number of phenolic OH excluding ortho intramolecular Hbond substituents is 1. The Labute approximate surface area is 228 Å². The largest absolute Gasteiger partial charge is 0.508 e. The van der Waals surface area contributed by atoms with Gasteiger partial charge in [-0.05, 0) is 97.0 Å². The molecule has 4 rings (SSSR count). The number of aromatic hydroxyl groups is 1. The molecular weight excluding hydrogens is 470 g/mol. The van der Waals surface area contributed by atoms with E-state index in [-0.39, 0.29) is 12.4 Å². The lowest BCUT2D eigenvalue weighted by Crippen LogP contribution is -2.28. The Morgan fingerprint density at radius 1 is 1.00 bits per heavy atom. The minimum Gasteiger partial charge on any atom is -0.508 e. The molecule has 0 unspecified atom stereocenters. The number of rotatable bonds is 12. The fraction of sp³-hybridized carbons (Fsp3) is 0.412. The summed E-state index contributed by atoms with van der Waals surface area (Å²) < 4.78 is 6.03. The fourth-order valence-corrected chi connectivity index (χ4v) is 6.06. The molecule has 2 N–H and O–H groups in total. The molecule has 1 saturated carbocycles. The second kappa shape index (κ2) is 13.6. The molecule has 4 heteroatoms. The topological polar surface area (TPSA) is 52.9 Å². The van der Waals surface area contributed by atoms with Crippen molar-refractivity contribution in [3.8, 4) is 5.75 Å². The van der Waals surface area contributed by atoms with Crippen molar-refractivity contribution in [2.45, 2.75) is 51.9 Å². The molecule has 1 saturated heterocycles. The Hall–Kier alpha value is -3.08. The summed E-state index contributed by atoms with van der Waals surface area (Å²) in [6.45, 7) is 10.3. The number of nitrogens with zero attached hydrogens (tertiary/aromatic N) is 1. The molecule has 0 bridgehead atoms.